The van der Waals surface area contributed by atoms with Gasteiger partial charge in [-0.05, 0) is 37.3 Å². The molecule has 1 aromatic rings. The minimum absolute atomic E-state index is 0.0711. The molecule has 0 spiro atoms. The molecule has 0 aliphatic carbocycles. The van der Waals surface area contributed by atoms with E-state index < -0.39 is 0 Å². The van der Waals surface area contributed by atoms with Gasteiger partial charge in [-0.25, -0.2) is 0 Å². The van der Waals surface area contributed by atoms with Crippen LogP contribution in [0.25, 0.3) is 0 Å². The van der Waals surface area contributed by atoms with Gasteiger partial charge in [0, 0.05) is 31.0 Å². The number of nitrogens with zero attached hydrogens (tertiary/aromatic N) is 2. The Morgan fingerprint density at radius 1 is 1.44 bits per heavy atom. The van der Waals surface area contributed by atoms with Crippen LogP contribution in [0.3, 0.4) is 0 Å². The molecule has 1 aromatic heterocycles. The van der Waals surface area contributed by atoms with E-state index in [-0.39, 0.29) is 12.0 Å². The number of likely N-dealkylation sites (tertiary alicyclic amines) is 1. The normalized spacial score (nSPS) is 18.7. The van der Waals surface area contributed by atoms with Gasteiger partial charge in [-0.3, -0.25) is 9.78 Å². The van der Waals surface area contributed by atoms with Crippen molar-refractivity contribution in [1.82, 2.24) is 9.88 Å². The lowest BCUT2D eigenvalue weighted by Crippen LogP contribution is -2.41. The van der Waals surface area contributed by atoms with Crippen molar-refractivity contribution in [2.45, 2.75) is 32.3 Å². The number of hydrogen-bond donors (Lipinski definition) is 1. The highest BCUT2D eigenvalue weighted by atomic mass is 16.3. The van der Waals surface area contributed by atoms with Crippen LogP contribution in [0.1, 0.15) is 36.5 Å². The number of hydrogen-bond acceptors (Lipinski definition) is 3. The number of amides is 1. The van der Waals surface area contributed by atoms with Gasteiger partial charge in [-0.1, -0.05) is 6.92 Å². The monoisotopic (exact) mass is 248 g/mol. The van der Waals surface area contributed by atoms with Gasteiger partial charge < -0.3 is 10.0 Å². The number of aliphatic hydroxyl groups is 1. The summed E-state index contributed by atoms with van der Waals surface area (Å²) in [5.74, 6) is 0.415. The highest BCUT2D eigenvalue weighted by molar-refractivity contribution is 5.94. The Morgan fingerprint density at radius 2 is 2.06 bits per heavy atom. The van der Waals surface area contributed by atoms with Crippen LogP contribution in [0.4, 0.5) is 0 Å². The summed E-state index contributed by atoms with van der Waals surface area (Å²) < 4.78 is 0. The molecule has 4 heteroatoms. The van der Waals surface area contributed by atoms with Gasteiger partial charge in [0.1, 0.15) is 0 Å². The van der Waals surface area contributed by atoms with E-state index in [0.29, 0.717) is 11.5 Å². The van der Waals surface area contributed by atoms with Crippen LogP contribution >= 0.6 is 0 Å². The van der Waals surface area contributed by atoms with Crippen LogP contribution in [-0.4, -0.2) is 40.1 Å². The average molecular weight is 248 g/mol. The topological polar surface area (TPSA) is 53.4 Å². The molecule has 1 fully saturated rings. The Morgan fingerprint density at radius 3 is 2.61 bits per heavy atom. The molecule has 18 heavy (non-hydrogen) atoms. The van der Waals surface area contributed by atoms with Crippen LogP contribution in [0, 0.1) is 5.92 Å². The molecule has 2 heterocycles. The molecular weight excluding hydrogens is 228 g/mol. The third kappa shape index (κ3) is 2.88. The highest BCUT2D eigenvalue weighted by Crippen LogP contribution is 2.23. The van der Waals surface area contributed by atoms with E-state index in [9.17, 15) is 9.90 Å². The zero-order chi connectivity index (χ0) is 13.0. The summed E-state index contributed by atoms with van der Waals surface area (Å²) in [7, 11) is 0. The second kappa shape index (κ2) is 5.96. The summed E-state index contributed by atoms with van der Waals surface area (Å²) in [4.78, 5) is 18.0. The van der Waals surface area contributed by atoms with E-state index in [4.69, 9.17) is 0 Å². The highest BCUT2D eigenvalue weighted by Gasteiger charge is 2.26. The Balaban J connectivity index is 1.92. The molecule has 1 saturated heterocycles. The fraction of sp³-hybridized carbons (Fsp3) is 0.571. The van der Waals surface area contributed by atoms with Gasteiger partial charge >= 0.3 is 0 Å². The van der Waals surface area contributed by atoms with Crippen molar-refractivity contribution in [3.63, 3.8) is 0 Å². The van der Waals surface area contributed by atoms with Crippen molar-refractivity contribution in [3.8, 4) is 0 Å². The molecule has 1 atom stereocenters. The Kier molecular flexibility index (Phi) is 4.31. The number of carbonyl (C=O) groups excluding carboxylic acids is 1. The van der Waals surface area contributed by atoms with Gasteiger partial charge in [-0.2, -0.15) is 0 Å². The molecule has 98 valence electrons. The first kappa shape index (κ1) is 13.0. The van der Waals surface area contributed by atoms with E-state index >= 15 is 0 Å². The molecule has 0 bridgehead atoms. The minimum atomic E-state index is -0.219. The van der Waals surface area contributed by atoms with Crippen LogP contribution in [0.5, 0.6) is 0 Å². The first-order valence-corrected chi connectivity index (χ1v) is 6.59. The van der Waals surface area contributed by atoms with Gasteiger partial charge in [0.15, 0.2) is 0 Å². The fourth-order valence-corrected chi connectivity index (χ4v) is 2.50. The summed E-state index contributed by atoms with van der Waals surface area (Å²) >= 11 is 0. The first-order chi connectivity index (χ1) is 8.72. The zero-order valence-corrected chi connectivity index (χ0v) is 10.7. The van der Waals surface area contributed by atoms with E-state index in [2.05, 4.69) is 4.98 Å². The smallest absolute Gasteiger partial charge is 0.253 e. The van der Waals surface area contributed by atoms with Crippen molar-refractivity contribution >= 4 is 5.91 Å². The second-order valence-electron chi connectivity index (χ2n) is 4.84. The summed E-state index contributed by atoms with van der Waals surface area (Å²) in [6.07, 6.45) is 5.64. The summed E-state index contributed by atoms with van der Waals surface area (Å²) in [6, 6.07) is 3.49. The molecule has 1 aliphatic rings. The molecule has 1 N–H and O–H groups in total. The standard InChI is InChI=1S/C14H20N2O2/c1-2-13(17)11-5-9-16(10-6-11)14(18)12-3-7-15-8-4-12/h3-4,7-8,11,13,17H,2,5-6,9-10H2,1H3. The van der Waals surface area contributed by atoms with Gasteiger partial charge in [0.25, 0.3) is 5.91 Å². The molecule has 1 unspecified atom stereocenters. The SMILES string of the molecule is CCC(O)C1CCN(C(=O)c2ccncc2)CC1. The number of aromatic nitrogens is 1. The summed E-state index contributed by atoms with van der Waals surface area (Å²) in [5, 5.41) is 9.81. The second-order valence-corrected chi connectivity index (χ2v) is 4.84. The van der Waals surface area contributed by atoms with Gasteiger partial charge in [0.2, 0.25) is 0 Å². The van der Waals surface area contributed by atoms with Crippen LogP contribution in [0.15, 0.2) is 24.5 Å². The minimum Gasteiger partial charge on any atom is -0.393 e. The lowest BCUT2D eigenvalue weighted by atomic mass is 9.90. The van der Waals surface area contributed by atoms with Crippen LogP contribution in [-0.2, 0) is 0 Å². The third-order valence-electron chi connectivity index (χ3n) is 3.72. The van der Waals surface area contributed by atoms with Crippen LogP contribution < -0.4 is 0 Å². The number of aliphatic hydroxyl groups excluding tert-OH is 1. The number of rotatable bonds is 3. The molecule has 1 amide bonds. The molecule has 0 radical (unpaired) electrons. The summed E-state index contributed by atoms with van der Waals surface area (Å²) in [6.45, 7) is 3.48. The lowest BCUT2D eigenvalue weighted by molar-refractivity contribution is 0.0453. The first-order valence-electron chi connectivity index (χ1n) is 6.59. The Labute approximate surface area is 108 Å². The molecule has 2 rings (SSSR count). The molecule has 0 saturated carbocycles. The zero-order valence-electron chi connectivity index (χ0n) is 10.7. The quantitative estimate of drug-likeness (QED) is 0.886. The average Bonchev–Trinajstić information content (AvgIpc) is 2.47. The molecular formula is C14H20N2O2. The van der Waals surface area contributed by atoms with Gasteiger partial charge in [-0.15, -0.1) is 0 Å². The molecule has 4 nitrogen and oxygen atoms in total. The fourth-order valence-electron chi connectivity index (χ4n) is 2.50. The predicted octanol–water partition coefficient (Wildman–Crippen LogP) is 1.70. The van der Waals surface area contributed by atoms with Crippen molar-refractivity contribution in [2.75, 3.05) is 13.1 Å². The van der Waals surface area contributed by atoms with Crippen LogP contribution in [0.2, 0.25) is 0 Å². The maximum Gasteiger partial charge on any atom is 0.253 e. The van der Waals surface area contributed by atoms with Crippen molar-refractivity contribution in [3.05, 3.63) is 30.1 Å². The van der Waals surface area contributed by atoms with E-state index in [1.54, 1.807) is 24.5 Å². The van der Waals surface area contributed by atoms with Gasteiger partial charge in [0.05, 0.1) is 6.10 Å². The summed E-state index contributed by atoms with van der Waals surface area (Å²) in [5.41, 5.74) is 0.694. The third-order valence-corrected chi connectivity index (χ3v) is 3.72. The number of piperidine rings is 1. The lowest BCUT2D eigenvalue weighted by Gasteiger charge is -2.34. The molecule has 0 aromatic carbocycles. The van der Waals surface area contributed by atoms with Crippen molar-refractivity contribution < 1.29 is 9.90 Å². The largest absolute Gasteiger partial charge is 0.393 e. The van der Waals surface area contributed by atoms with E-state index in [1.807, 2.05) is 11.8 Å². The number of carbonyl (C=O) groups is 1. The maximum atomic E-state index is 12.2. The Bertz CT molecular complexity index is 386. The van der Waals surface area contributed by atoms with Crippen molar-refractivity contribution in [1.29, 1.82) is 0 Å². The maximum absolute atomic E-state index is 12.2. The van der Waals surface area contributed by atoms with Crippen molar-refractivity contribution in [2.24, 2.45) is 5.92 Å². The number of pyridine rings is 1. The Hall–Kier alpha value is -1.42. The molecule has 1 aliphatic heterocycles. The van der Waals surface area contributed by atoms with E-state index in [0.717, 1.165) is 32.4 Å². The predicted molar refractivity (Wildman–Crippen MR) is 69.2 cm³/mol. The van der Waals surface area contributed by atoms with E-state index in [1.165, 1.54) is 0 Å².